The van der Waals surface area contributed by atoms with Gasteiger partial charge in [-0.3, -0.25) is 4.79 Å². The van der Waals surface area contributed by atoms with Crippen molar-refractivity contribution in [2.75, 3.05) is 13.2 Å². The summed E-state index contributed by atoms with van der Waals surface area (Å²) in [7, 11) is 0. The fraction of sp³-hybridized carbons (Fsp3) is 0.500. The molecule has 0 spiro atoms. The number of para-hydroxylation sites is 1. The molecule has 1 fully saturated rings. The standard InChI is InChI=1S/C14H20N2O2/c1-11-5-2-3-6-12(11)18-10-4-9-16-13(17)14(15)7-8-14/h2-3,5-6H,4,7-10,15H2,1H3,(H,16,17). The van der Waals surface area contributed by atoms with E-state index in [9.17, 15) is 4.79 Å². The van der Waals surface area contributed by atoms with Crippen molar-refractivity contribution in [2.45, 2.75) is 31.7 Å². The molecule has 3 N–H and O–H groups in total. The summed E-state index contributed by atoms with van der Waals surface area (Å²) in [6, 6.07) is 7.91. The molecule has 1 aromatic carbocycles. The Morgan fingerprint density at radius 1 is 1.44 bits per heavy atom. The van der Waals surface area contributed by atoms with Crippen molar-refractivity contribution in [3.05, 3.63) is 29.8 Å². The van der Waals surface area contributed by atoms with E-state index in [0.717, 1.165) is 30.6 Å². The zero-order valence-electron chi connectivity index (χ0n) is 10.7. The first-order valence-electron chi connectivity index (χ1n) is 6.37. The van der Waals surface area contributed by atoms with E-state index in [1.165, 1.54) is 0 Å². The van der Waals surface area contributed by atoms with Gasteiger partial charge in [0.2, 0.25) is 5.91 Å². The van der Waals surface area contributed by atoms with Gasteiger partial charge in [0.15, 0.2) is 0 Å². The maximum absolute atomic E-state index is 11.5. The van der Waals surface area contributed by atoms with Gasteiger partial charge in [-0.15, -0.1) is 0 Å². The van der Waals surface area contributed by atoms with Crippen LogP contribution in [0.15, 0.2) is 24.3 Å². The maximum Gasteiger partial charge on any atom is 0.240 e. The van der Waals surface area contributed by atoms with Crippen molar-refractivity contribution in [1.29, 1.82) is 0 Å². The number of ether oxygens (including phenoxy) is 1. The largest absolute Gasteiger partial charge is 0.493 e. The van der Waals surface area contributed by atoms with Gasteiger partial charge in [-0.1, -0.05) is 18.2 Å². The van der Waals surface area contributed by atoms with Crippen LogP contribution < -0.4 is 15.8 Å². The molecular formula is C14H20N2O2. The van der Waals surface area contributed by atoms with Crippen molar-refractivity contribution >= 4 is 5.91 Å². The number of nitrogens with one attached hydrogen (secondary N) is 1. The van der Waals surface area contributed by atoms with Crippen LogP contribution in [0.3, 0.4) is 0 Å². The Morgan fingerprint density at radius 2 is 2.17 bits per heavy atom. The average molecular weight is 248 g/mol. The molecule has 1 aliphatic rings. The molecule has 0 aromatic heterocycles. The molecule has 2 rings (SSSR count). The van der Waals surface area contributed by atoms with Crippen LogP contribution in [0.25, 0.3) is 0 Å². The maximum atomic E-state index is 11.5. The van der Waals surface area contributed by atoms with Crippen LogP contribution in [0.1, 0.15) is 24.8 Å². The Bertz CT molecular complexity index is 428. The Morgan fingerprint density at radius 3 is 2.83 bits per heavy atom. The number of carbonyl (C=O) groups excluding carboxylic acids is 1. The van der Waals surface area contributed by atoms with Crippen LogP contribution in [0.4, 0.5) is 0 Å². The second kappa shape index (κ2) is 5.40. The van der Waals surface area contributed by atoms with E-state index >= 15 is 0 Å². The van der Waals surface area contributed by atoms with Crippen LogP contribution in [0.2, 0.25) is 0 Å². The summed E-state index contributed by atoms with van der Waals surface area (Å²) < 4.78 is 5.64. The highest BCUT2D eigenvalue weighted by molar-refractivity contribution is 5.88. The summed E-state index contributed by atoms with van der Waals surface area (Å²) in [5, 5.41) is 2.84. The minimum atomic E-state index is -0.573. The van der Waals surface area contributed by atoms with Gasteiger partial charge in [0.05, 0.1) is 12.1 Å². The van der Waals surface area contributed by atoms with Crippen LogP contribution in [0.5, 0.6) is 5.75 Å². The van der Waals surface area contributed by atoms with Gasteiger partial charge in [-0.05, 0) is 37.8 Å². The predicted octanol–water partition coefficient (Wildman–Crippen LogP) is 1.37. The molecule has 1 saturated carbocycles. The Kier molecular flexibility index (Phi) is 3.87. The molecule has 1 amide bonds. The van der Waals surface area contributed by atoms with E-state index in [1.807, 2.05) is 31.2 Å². The van der Waals surface area contributed by atoms with Crippen molar-refractivity contribution < 1.29 is 9.53 Å². The van der Waals surface area contributed by atoms with Crippen molar-refractivity contribution in [2.24, 2.45) is 5.73 Å². The number of aryl methyl sites for hydroxylation is 1. The SMILES string of the molecule is Cc1ccccc1OCCCNC(=O)C1(N)CC1. The second-order valence-electron chi connectivity index (χ2n) is 4.88. The molecule has 0 aliphatic heterocycles. The molecule has 0 atom stereocenters. The number of carbonyl (C=O) groups is 1. The Balaban J connectivity index is 1.62. The lowest BCUT2D eigenvalue weighted by Crippen LogP contribution is -2.43. The Hall–Kier alpha value is -1.55. The second-order valence-corrected chi connectivity index (χ2v) is 4.88. The minimum Gasteiger partial charge on any atom is -0.493 e. The fourth-order valence-electron chi connectivity index (χ4n) is 1.71. The zero-order valence-corrected chi connectivity index (χ0v) is 10.7. The van der Waals surface area contributed by atoms with E-state index in [0.29, 0.717) is 13.2 Å². The van der Waals surface area contributed by atoms with Gasteiger partial charge in [0.25, 0.3) is 0 Å². The number of hydrogen-bond donors (Lipinski definition) is 2. The fourth-order valence-corrected chi connectivity index (χ4v) is 1.71. The molecule has 0 heterocycles. The van der Waals surface area contributed by atoms with E-state index in [2.05, 4.69) is 5.32 Å². The number of hydrogen-bond acceptors (Lipinski definition) is 3. The smallest absolute Gasteiger partial charge is 0.240 e. The molecular weight excluding hydrogens is 228 g/mol. The summed E-state index contributed by atoms with van der Waals surface area (Å²) in [6.07, 6.45) is 2.40. The van der Waals surface area contributed by atoms with Gasteiger partial charge in [-0.25, -0.2) is 0 Å². The minimum absolute atomic E-state index is 0.0293. The van der Waals surface area contributed by atoms with Crippen molar-refractivity contribution in [3.8, 4) is 5.75 Å². The molecule has 18 heavy (non-hydrogen) atoms. The molecule has 98 valence electrons. The van der Waals surface area contributed by atoms with Crippen LogP contribution >= 0.6 is 0 Å². The van der Waals surface area contributed by atoms with Crippen molar-refractivity contribution in [3.63, 3.8) is 0 Å². The first-order valence-corrected chi connectivity index (χ1v) is 6.37. The highest BCUT2D eigenvalue weighted by Gasteiger charge is 2.45. The van der Waals surface area contributed by atoms with Gasteiger partial charge in [-0.2, -0.15) is 0 Å². The number of rotatable bonds is 6. The predicted molar refractivity (Wildman–Crippen MR) is 70.5 cm³/mol. The molecule has 0 saturated heterocycles. The molecule has 0 radical (unpaired) electrons. The van der Waals surface area contributed by atoms with Crippen LogP contribution in [-0.2, 0) is 4.79 Å². The van der Waals surface area contributed by atoms with E-state index in [1.54, 1.807) is 0 Å². The molecule has 4 heteroatoms. The first kappa shape index (κ1) is 12.9. The molecule has 0 bridgehead atoms. The average Bonchev–Trinajstić information content (AvgIpc) is 3.10. The van der Waals surface area contributed by atoms with Crippen LogP contribution in [0, 0.1) is 6.92 Å². The summed E-state index contributed by atoms with van der Waals surface area (Å²) >= 11 is 0. The van der Waals surface area contributed by atoms with E-state index in [4.69, 9.17) is 10.5 Å². The lowest BCUT2D eigenvalue weighted by molar-refractivity contribution is -0.123. The number of benzene rings is 1. The number of amides is 1. The summed E-state index contributed by atoms with van der Waals surface area (Å²) in [5.74, 6) is 0.875. The van der Waals surface area contributed by atoms with Gasteiger partial charge < -0.3 is 15.8 Å². The van der Waals surface area contributed by atoms with E-state index < -0.39 is 5.54 Å². The van der Waals surface area contributed by atoms with Gasteiger partial charge >= 0.3 is 0 Å². The summed E-state index contributed by atoms with van der Waals surface area (Å²) in [5.41, 5.74) is 6.33. The third-order valence-corrected chi connectivity index (χ3v) is 3.20. The lowest BCUT2D eigenvalue weighted by Gasteiger charge is -2.11. The highest BCUT2D eigenvalue weighted by Crippen LogP contribution is 2.31. The normalized spacial score (nSPS) is 16.1. The van der Waals surface area contributed by atoms with Gasteiger partial charge in [0, 0.05) is 6.54 Å². The molecule has 1 aliphatic carbocycles. The van der Waals surface area contributed by atoms with Crippen LogP contribution in [-0.4, -0.2) is 24.6 Å². The molecule has 4 nitrogen and oxygen atoms in total. The van der Waals surface area contributed by atoms with Crippen molar-refractivity contribution in [1.82, 2.24) is 5.32 Å². The van der Waals surface area contributed by atoms with E-state index in [-0.39, 0.29) is 5.91 Å². The molecule has 0 unspecified atom stereocenters. The molecule has 1 aromatic rings. The topological polar surface area (TPSA) is 64.3 Å². The third kappa shape index (κ3) is 3.23. The quantitative estimate of drug-likeness (QED) is 0.747. The third-order valence-electron chi connectivity index (χ3n) is 3.20. The lowest BCUT2D eigenvalue weighted by atomic mass is 10.2. The van der Waals surface area contributed by atoms with Gasteiger partial charge in [0.1, 0.15) is 5.75 Å². The summed E-state index contributed by atoms with van der Waals surface area (Å²) in [4.78, 5) is 11.5. The first-order chi connectivity index (χ1) is 8.62. The Labute approximate surface area is 108 Å². The number of nitrogens with two attached hydrogens (primary N) is 1. The highest BCUT2D eigenvalue weighted by atomic mass is 16.5. The zero-order chi connectivity index (χ0) is 13.0. The summed E-state index contributed by atoms with van der Waals surface area (Å²) in [6.45, 7) is 3.23. The monoisotopic (exact) mass is 248 g/mol.